The number of carbonyl (C=O) groups is 2. The molecular weight excluding hydrogens is 326 g/mol. The molecule has 0 aliphatic carbocycles. The Morgan fingerprint density at radius 1 is 1.20 bits per heavy atom. The Kier molecular flexibility index (Phi) is 4.57. The Balaban J connectivity index is 2.06. The van der Waals surface area contributed by atoms with E-state index >= 15 is 0 Å². The first kappa shape index (κ1) is 14.3. The number of rotatable bonds is 5. The molecule has 0 spiro atoms. The van der Waals surface area contributed by atoms with Gasteiger partial charge in [-0.15, -0.1) is 0 Å². The standard InChI is InChI=1S/C14H12BrNO4/c15-12-7-6-11(20-12)13(17)16-10(14(18)19)8-9-4-2-1-3-5-9/h1-7,10H,8H2,(H,16,17)(H,18,19)/t10-/m1/s1. The maximum atomic E-state index is 11.9. The van der Waals surface area contributed by atoms with Gasteiger partial charge in [-0.25, -0.2) is 4.79 Å². The van der Waals surface area contributed by atoms with Gasteiger partial charge < -0.3 is 14.8 Å². The van der Waals surface area contributed by atoms with Crippen LogP contribution in [-0.4, -0.2) is 23.0 Å². The summed E-state index contributed by atoms with van der Waals surface area (Å²) in [6.07, 6.45) is 0.212. The van der Waals surface area contributed by atoms with Crippen LogP contribution in [0.1, 0.15) is 16.1 Å². The molecule has 0 saturated carbocycles. The Morgan fingerprint density at radius 2 is 1.90 bits per heavy atom. The molecule has 1 aromatic heterocycles. The monoisotopic (exact) mass is 337 g/mol. The number of hydrogen-bond donors (Lipinski definition) is 2. The lowest BCUT2D eigenvalue weighted by molar-refractivity contribution is -0.139. The summed E-state index contributed by atoms with van der Waals surface area (Å²) >= 11 is 3.09. The molecule has 2 aromatic rings. The maximum Gasteiger partial charge on any atom is 0.326 e. The topological polar surface area (TPSA) is 79.5 Å². The van der Waals surface area contributed by atoms with Crippen LogP contribution in [0.3, 0.4) is 0 Å². The minimum absolute atomic E-state index is 0.0659. The molecule has 104 valence electrons. The summed E-state index contributed by atoms with van der Waals surface area (Å²) in [4.78, 5) is 23.1. The fraction of sp³-hybridized carbons (Fsp3) is 0.143. The smallest absolute Gasteiger partial charge is 0.326 e. The Morgan fingerprint density at radius 3 is 2.45 bits per heavy atom. The number of amides is 1. The molecule has 6 heteroatoms. The average Bonchev–Trinajstić information content (AvgIpc) is 2.86. The van der Waals surface area contributed by atoms with Gasteiger partial charge in [-0.1, -0.05) is 30.3 Å². The van der Waals surface area contributed by atoms with Crippen LogP contribution in [0.15, 0.2) is 51.6 Å². The van der Waals surface area contributed by atoms with Crippen molar-refractivity contribution >= 4 is 27.8 Å². The van der Waals surface area contributed by atoms with Gasteiger partial charge in [-0.05, 0) is 33.6 Å². The third-order valence-electron chi connectivity index (χ3n) is 2.68. The van der Waals surface area contributed by atoms with Crippen LogP contribution >= 0.6 is 15.9 Å². The minimum Gasteiger partial charge on any atom is -0.480 e. The van der Waals surface area contributed by atoms with E-state index in [0.29, 0.717) is 4.67 Å². The number of halogens is 1. The van der Waals surface area contributed by atoms with Crippen LogP contribution in [0, 0.1) is 0 Å². The predicted molar refractivity (Wildman–Crippen MR) is 75.4 cm³/mol. The molecule has 20 heavy (non-hydrogen) atoms. The second kappa shape index (κ2) is 6.38. The predicted octanol–water partition coefficient (Wildman–Crippen LogP) is 2.47. The highest BCUT2D eigenvalue weighted by Gasteiger charge is 2.22. The molecule has 0 unspecified atom stereocenters. The van der Waals surface area contributed by atoms with E-state index in [1.807, 2.05) is 30.3 Å². The molecule has 0 radical (unpaired) electrons. The van der Waals surface area contributed by atoms with Gasteiger partial charge in [0.1, 0.15) is 6.04 Å². The molecule has 1 amide bonds. The molecule has 2 N–H and O–H groups in total. The third-order valence-corrected chi connectivity index (χ3v) is 3.11. The third kappa shape index (κ3) is 3.71. The van der Waals surface area contributed by atoms with Gasteiger partial charge in [-0.2, -0.15) is 0 Å². The molecule has 2 rings (SSSR count). The van der Waals surface area contributed by atoms with Gasteiger partial charge in [0.2, 0.25) is 0 Å². The average molecular weight is 338 g/mol. The second-order valence-corrected chi connectivity index (χ2v) is 4.94. The second-order valence-electron chi connectivity index (χ2n) is 4.16. The first-order valence-electron chi connectivity index (χ1n) is 5.89. The zero-order valence-electron chi connectivity index (χ0n) is 10.4. The lowest BCUT2D eigenvalue weighted by Gasteiger charge is -2.13. The van der Waals surface area contributed by atoms with Gasteiger partial charge in [0.05, 0.1) is 0 Å². The lowest BCUT2D eigenvalue weighted by Crippen LogP contribution is -2.42. The van der Waals surface area contributed by atoms with E-state index in [-0.39, 0.29) is 12.2 Å². The molecule has 0 saturated heterocycles. The molecule has 0 aliphatic rings. The summed E-state index contributed by atoms with van der Waals surface area (Å²) in [5, 5.41) is 11.6. The van der Waals surface area contributed by atoms with E-state index < -0.39 is 17.9 Å². The summed E-state index contributed by atoms with van der Waals surface area (Å²) in [6, 6.07) is 11.1. The largest absolute Gasteiger partial charge is 0.480 e. The first-order chi connectivity index (χ1) is 9.56. The van der Waals surface area contributed by atoms with Crippen LogP contribution in [0.2, 0.25) is 0 Å². The van der Waals surface area contributed by atoms with E-state index in [2.05, 4.69) is 21.2 Å². The van der Waals surface area contributed by atoms with Crippen molar-refractivity contribution < 1.29 is 19.1 Å². The maximum absolute atomic E-state index is 11.9. The highest BCUT2D eigenvalue weighted by Crippen LogP contribution is 2.14. The first-order valence-corrected chi connectivity index (χ1v) is 6.68. The van der Waals surface area contributed by atoms with E-state index in [9.17, 15) is 14.7 Å². The van der Waals surface area contributed by atoms with Crippen molar-refractivity contribution in [3.05, 3.63) is 58.5 Å². The van der Waals surface area contributed by atoms with Crippen molar-refractivity contribution in [2.45, 2.75) is 12.5 Å². The molecular formula is C14H12BrNO4. The summed E-state index contributed by atoms with van der Waals surface area (Å²) in [7, 11) is 0. The van der Waals surface area contributed by atoms with Crippen molar-refractivity contribution in [3.63, 3.8) is 0 Å². The van der Waals surface area contributed by atoms with Crippen molar-refractivity contribution in [2.75, 3.05) is 0 Å². The Labute approximate surface area is 123 Å². The van der Waals surface area contributed by atoms with Crippen molar-refractivity contribution in [1.82, 2.24) is 5.32 Å². The molecule has 0 fully saturated rings. The van der Waals surface area contributed by atoms with Crippen LogP contribution in [-0.2, 0) is 11.2 Å². The van der Waals surface area contributed by atoms with Gasteiger partial charge in [-0.3, -0.25) is 4.79 Å². The number of benzene rings is 1. The fourth-order valence-electron chi connectivity index (χ4n) is 1.72. The number of carbonyl (C=O) groups excluding carboxylic acids is 1. The number of aliphatic carboxylic acids is 1. The van der Waals surface area contributed by atoms with Crippen molar-refractivity contribution in [3.8, 4) is 0 Å². The molecule has 1 aromatic carbocycles. The van der Waals surface area contributed by atoms with E-state index in [4.69, 9.17) is 4.42 Å². The van der Waals surface area contributed by atoms with E-state index in [0.717, 1.165) is 5.56 Å². The molecule has 0 bridgehead atoms. The molecule has 0 aliphatic heterocycles. The Bertz CT molecular complexity index is 609. The molecule has 5 nitrogen and oxygen atoms in total. The lowest BCUT2D eigenvalue weighted by atomic mass is 10.1. The minimum atomic E-state index is -1.09. The van der Waals surface area contributed by atoms with Crippen LogP contribution < -0.4 is 5.32 Å². The highest BCUT2D eigenvalue weighted by molar-refractivity contribution is 9.10. The fourth-order valence-corrected chi connectivity index (χ4v) is 2.02. The highest BCUT2D eigenvalue weighted by atomic mass is 79.9. The number of carboxylic acids is 1. The van der Waals surface area contributed by atoms with Gasteiger partial charge in [0, 0.05) is 6.42 Å². The summed E-state index contributed by atoms with van der Waals surface area (Å²) in [6.45, 7) is 0. The van der Waals surface area contributed by atoms with Gasteiger partial charge >= 0.3 is 5.97 Å². The van der Waals surface area contributed by atoms with Gasteiger partial charge in [0.15, 0.2) is 10.4 Å². The van der Waals surface area contributed by atoms with Crippen molar-refractivity contribution in [2.24, 2.45) is 0 Å². The van der Waals surface area contributed by atoms with Gasteiger partial charge in [0.25, 0.3) is 5.91 Å². The SMILES string of the molecule is O=C(N[C@H](Cc1ccccc1)C(=O)O)c1ccc(Br)o1. The zero-order chi connectivity index (χ0) is 14.5. The quantitative estimate of drug-likeness (QED) is 0.878. The van der Waals surface area contributed by atoms with Crippen LogP contribution in [0.25, 0.3) is 0 Å². The zero-order valence-corrected chi connectivity index (χ0v) is 12.0. The molecule has 1 atom stereocenters. The number of nitrogens with one attached hydrogen (secondary N) is 1. The van der Waals surface area contributed by atoms with E-state index in [1.54, 1.807) is 6.07 Å². The number of furan rings is 1. The van der Waals surface area contributed by atoms with Crippen LogP contribution in [0.4, 0.5) is 0 Å². The van der Waals surface area contributed by atoms with Crippen LogP contribution in [0.5, 0.6) is 0 Å². The summed E-state index contributed by atoms with van der Waals surface area (Å²) in [5.41, 5.74) is 0.834. The Hall–Kier alpha value is -2.08. The number of carboxylic acid groups (broad SMARTS) is 1. The summed E-state index contributed by atoms with van der Waals surface area (Å²) in [5.74, 6) is -1.58. The van der Waals surface area contributed by atoms with Crippen molar-refractivity contribution in [1.29, 1.82) is 0 Å². The van der Waals surface area contributed by atoms with E-state index in [1.165, 1.54) is 6.07 Å². The summed E-state index contributed by atoms with van der Waals surface area (Å²) < 4.78 is 5.50. The number of hydrogen-bond acceptors (Lipinski definition) is 3. The molecule has 1 heterocycles. The normalized spacial score (nSPS) is 11.8.